The number of anilines is 1. The quantitative estimate of drug-likeness (QED) is 0.316. The molecule has 7 nitrogen and oxygen atoms in total. The monoisotopic (exact) mass is 633 g/mol. The van der Waals surface area contributed by atoms with Crippen LogP contribution in [0.5, 0.6) is 0 Å². The Balaban J connectivity index is 2.04. The second-order valence-electron chi connectivity index (χ2n) is 10.3. The van der Waals surface area contributed by atoms with Crippen LogP contribution in [0.1, 0.15) is 38.8 Å². The van der Waals surface area contributed by atoms with Crippen molar-refractivity contribution < 1.29 is 18.0 Å². The van der Waals surface area contributed by atoms with E-state index < -0.39 is 34.1 Å². The minimum absolute atomic E-state index is 0.0267. The number of carbonyl (C=O) groups is 2. The summed E-state index contributed by atoms with van der Waals surface area (Å²) < 4.78 is 29.6. The minimum atomic E-state index is -4.18. The van der Waals surface area contributed by atoms with Gasteiger partial charge in [0.05, 0.1) is 15.6 Å². The number of nitrogens with zero attached hydrogens (tertiary/aromatic N) is 2. The number of nitrogens with one attached hydrogen (secondary N) is 1. The van der Waals surface area contributed by atoms with Crippen LogP contribution in [0.2, 0.25) is 5.02 Å². The Labute approximate surface area is 244 Å². The molecule has 10 heteroatoms. The van der Waals surface area contributed by atoms with Crippen molar-refractivity contribution in [2.75, 3.05) is 10.8 Å². The Morgan fingerprint density at radius 3 is 2.13 bits per heavy atom. The lowest BCUT2D eigenvalue weighted by atomic mass is 10.1. The van der Waals surface area contributed by atoms with Gasteiger partial charge in [-0.15, -0.1) is 0 Å². The molecule has 0 radical (unpaired) electrons. The van der Waals surface area contributed by atoms with Gasteiger partial charge in [0.15, 0.2) is 0 Å². The Kier molecular flexibility index (Phi) is 9.85. The maximum atomic E-state index is 13.9. The molecular weight excluding hydrogens is 602 g/mol. The van der Waals surface area contributed by atoms with Gasteiger partial charge >= 0.3 is 0 Å². The molecule has 1 atom stereocenters. The number of hydrogen-bond donors (Lipinski definition) is 1. The van der Waals surface area contributed by atoms with Crippen LogP contribution in [0.3, 0.4) is 0 Å². The molecule has 39 heavy (non-hydrogen) atoms. The number of sulfonamides is 1. The SMILES string of the molecule is Cc1ccc(S(=O)(=O)N(CC(=O)N(Cc2ccc(Br)cc2)[C@H](C)C(=O)NC(C)(C)C)c2ccccc2Cl)cc1. The van der Waals surface area contributed by atoms with Crippen molar-refractivity contribution in [3.8, 4) is 0 Å². The van der Waals surface area contributed by atoms with Crippen LogP contribution in [0.4, 0.5) is 5.69 Å². The number of aryl methyl sites for hydroxylation is 1. The smallest absolute Gasteiger partial charge is 0.264 e. The van der Waals surface area contributed by atoms with Crippen LogP contribution >= 0.6 is 27.5 Å². The zero-order chi connectivity index (χ0) is 29.0. The fourth-order valence-corrected chi connectivity index (χ4v) is 5.83. The normalized spacial score (nSPS) is 12.5. The molecule has 0 aliphatic rings. The molecule has 208 valence electrons. The molecule has 3 aromatic carbocycles. The number of benzene rings is 3. The predicted octanol–water partition coefficient (Wildman–Crippen LogP) is 5.94. The summed E-state index contributed by atoms with van der Waals surface area (Å²) in [5.41, 5.74) is 1.33. The third-order valence-corrected chi connectivity index (χ3v) is 8.56. The van der Waals surface area contributed by atoms with E-state index in [1.54, 1.807) is 43.3 Å². The first-order chi connectivity index (χ1) is 18.2. The molecular formula is C29H33BrClN3O4S. The third kappa shape index (κ3) is 8.06. The highest BCUT2D eigenvalue weighted by Crippen LogP contribution is 2.31. The van der Waals surface area contributed by atoms with E-state index >= 15 is 0 Å². The minimum Gasteiger partial charge on any atom is -0.350 e. The molecule has 0 spiro atoms. The van der Waals surface area contributed by atoms with Crippen LogP contribution in [0.15, 0.2) is 82.2 Å². The number of rotatable bonds is 9. The van der Waals surface area contributed by atoms with E-state index in [-0.39, 0.29) is 28.1 Å². The Morgan fingerprint density at radius 2 is 1.56 bits per heavy atom. The fraction of sp³-hybridized carbons (Fsp3) is 0.310. The van der Waals surface area contributed by atoms with Gasteiger partial charge in [-0.25, -0.2) is 8.42 Å². The topological polar surface area (TPSA) is 86.8 Å². The largest absolute Gasteiger partial charge is 0.350 e. The van der Waals surface area contributed by atoms with E-state index in [0.29, 0.717) is 0 Å². The van der Waals surface area contributed by atoms with Gasteiger partial charge in [0.25, 0.3) is 10.0 Å². The van der Waals surface area contributed by atoms with Crippen LogP contribution < -0.4 is 9.62 Å². The van der Waals surface area contributed by atoms with Gasteiger partial charge in [-0.1, -0.05) is 69.5 Å². The molecule has 0 bridgehead atoms. The Bertz CT molecular complexity index is 1420. The predicted molar refractivity (Wildman–Crippen MR) is 159 cm³/mol. The standard InChI is InChI=1S/C29H33BrClN3O4S/c1-20-10-16-24(17-11-20)39(37,38)34(26-9-7-6-8-25(26)31)19-27(35)33(18-22-12-14-23(30)15-13-22)21(2)28(36)32-29(3,4)5/h6-17,21H,18-19H2,1-5H3,(H,32,36)/t21-/m1/s1. The fourth-order valence-electron chi connectivity index (χ4n) is 3.85. The third-order valence-electron chi connectivity index (χ3n) is 5.94. The second-order valence-corrected chi connectivity index (χ2v) is 13.5. The highest BCUT2D eigenvalue weighted by Gasteiger charge is 2.34. The number of amides is 2. The average molecular weight is 635 g/mol. The number of halogens is 2. The van der Waals surface area contributed by atoms with Crippen molar-refractivity contribution in [3.05, 3.63) is 93.4 Å². The van der Waals surface area contributed by atoms with Crippen LogP contribution in [0.25, 0.3) is 0 Å². The number of para-hydroxylation sites is 1. The maximum absolute atomic E-state index is 13.9. The van der Waals surface area contributed by atoms with Crippen molar-refractivity contribution in [2.45, 2.75) is 57.6 Å². The molecule has 0 saturated heterocycles. The summed E-state index contributed by atoms with van der Waals surface area (Å²) in [6.07, 6.45) is 0. The number of carbonyl (C=O) groups excluding carboxylic acids is 2. The summed E-state index contributed by atoms with van der Waals surface area (Å²) >= 11 is 9.84. The molecule has 0 heterocycles. The van der Waals surface area contributed by atoms with Gasteiger partial charge in [-0.05, 0) is 76.6 Å². The molecule has 1 N–H and O–H groups in total. The van der Waals surface area contributed by atoms with Crippen molar-refractivity contribution in [3.63, 3.8) is 0 Å². The first kappa shape index (κ1) is 30.7. The van der Waals surface area contributed by atoms with E-state index in [2.05, 4.69) is 21.2 Å². The molecule has 0 aliphatic heterocycles. The molecule has 3 aromatic rings. The van der Waals surface area contributed by atoms with Crippen molar-refractivity contribution in [1.29, 1.82) is 0 Å². The van der Waals surface area contributed by atoms with E-state index in [1.807, 2.05) is 52.0 Å². The first-order valence-electron chi connectivity index (χ1n) is 12.4. The summed E-state index contributed by atoms with van der Waals surface area (Å²) in [5.74, 6) is -0.899. The van der Waals surface area contributed by atoms with Crippen LogP contribution in [-0.2, 0) is 26.2 Å². The second kappa shape index (κ2) is 12.5. The highest BCUT2D eigenvalue weighted by molar-refractivity contribution is 9.10. The van der Waals surface area contributed by atoms with Gasteiger partial charge in [0, 0.05) is 16.6 Å². The Morgan fingerprint density at radius 1 is 0.974 bits per heavy atom. The summed E-state index contributed by atoms with van der Waals surface area (Å²) in [6.45, 7) is 8.60. The van der Waals surface area contributed by atoms with Crippen molar-refractivity contribution in [2.24, 2.45) is 0 Å². The van der Waals surface area contributed by atoms with E-state index in [4.69, 9.17) is 11.6 Å². The lowest BCUT2D eigenvalue weighted by Gasteiger charge is -2.33. The summed E-state index contributed by atoms with van der Waals surface area (Å²) in [5, 5.41) is 3.09. The molecule has 0 aromatic heterocycles. The van der Waals surface area contributed by atoms with E-state index in [9.17, 15) is 18.0 Å². The average Bonchev–Trinajstić information content (AvgIpc) is 2.86. The zero-order valence-corrected chi connectivity index (χ0v) is 25.8. The maximum Gasteiger partial charge on any atom is 0.264 e. The highest BCUT2D eigenvalue weighted by atomic mass is 79.9. The lowest BCUT2D eigenvalue weighted by molar-refractivity contribution is -0.140. The van der Waals surface area contributed by atoms with Crippen LogP contribution in [-0.4, -0.2) is 43.3 Å². The molecule has 0 unspecified atom stereocenters. The summed E-state index contributed by atoms with van der Waals surface area (Å²) in [7, 11) is -4.18. The molecule has 3 rings (SSSR count). The van der Waals surface area contributed by atoms with Gasteiger partial charge in [-0.3, -0.25) is 13.9 Å². The van der Waals surface area contributed by atoms with E-state index in [0.717, 1.165) is 19.9 Å². The van der Waals surface area contributed by atoms with E-state index in [1.165, 1.54) is 17.0 Å². The van der Waals surface area contributed by atoms with Crippen LogP contribution in [0, 0.1) is 6.92 Å². The summed E-state index contributed by atoms with van der Waals surface area (Å²) in [6, 6.07) is 19.3. The first-order valence-corrected chi connectivity index (χ1v) is 15.0. The van der Waals surface area contributed by atoms with Crippen molar-refractivity contribution >= 4 is 55.1 Å². The van der Waals surface area contributed by atoms with Gasteiger partial charge in [-0.2, -0.15) is 0 Å². The molecule has 2 amide bonds. The van der Waals surface area contributed by atoms with Gasteiger partial charge in [0.2, 0.25) is 11.8 Å². The Hall–Kier alpha value is -2.88. The lowest BCUT2D eigenvalue weighted by Crippen LogP contribution is -2.54. The van der Waals surface area contributed by atoms with Gasteiger partial charge in [0.1, 0.15) is 12.6 Å². The van der Waals surface area contributed by atoms with Gasteiger partial charge < -0.3 is 10.2 Å². The summed E-state index contributed by atoms with van der Waals surface area (Å²) in [4.78, 5) is 28.5. The molecule has 0 fully saturated rings. The van der Waals surface area contributed by atoms with Crippen molar-refractivity contribution in [1.82, 2.24) is 10.2 Å². The molecule has 0 saturated carbocycles. The molecule has 0 aliphatic carbocycles. The zero-order valence-electron chi connectivity index (χ0n) is 22.6. The number of hydrogen-bond acceptors (Lipinski definition) is 4.